The Morgan fingerprint density at radius 3 is 2.82 bits per heavy atom. The van der Waals surface area contributed by atoms with Crippen LogP contribution >= 0.6 is 23.1 Å². The minimum absolute atomic E-state index is 0.0786. The van der Waals surface area contributed by atoms with Gasteiger partial charge in [-0.1, -0.05) is 30.0 Å². The molecule has 1 amide bonds. The summed E-state index contributed by atoms with van der Waals surface area (Å²) in [4.78, 5) is 12.5. The number of hydrogen-bond acceptors (Lipinski definition) is 9. The number of amides is 1. The van der Waals surface area contributed by atoms with E-state index < -0.39 is 15.9 Å². The minimum atomic E-state index is -3.69. The first-order valence-electron chi connectivity index (χ1n) is 8.59. The number of fused-ring (bicyclic) bond motifs is 1. The maximum absolute atomic E-state index is 12.6. The number of nitrogens with zero attached hydrogens (tertiary/aromatic N) is 3. The Bertz CT molecular complexity index is 948. The summed E-state index contributed by atoms with van der Waals surface area (Å²) < 4.78 is 37.5. The Balaban J connectivity index is 1.74. The van der Waals surface area contributed by atoms with Gasteiger partial charge in [0.25, 0.3) is 0 Å². The molecule has 2 heterocycles. The molecule has 0 atom stereocenters. The molecule has 1 aromatic carbocycles. The van der Waals surface area contributed by atoms with Crippen LogP contribution in [0.2, 0.25) is 0 Å². The second-order valence-corrected chi connectivity index (χ2v) is 10.2. The van der Waals surface area contributed by atoms with E-state index in [4.69, 9.17) is 9.47 Å². The van der Waals surface area contributed by atoms with Gasteiger partial charge < -0.3 is 9.47 Å². The number of carbonyl (C=O) groups excluding carboxylic acids is 1. The van der Waals surface area contributed by atoms with Gasteiger partial charge in [0.1, 0.15) is 6.54 Å². The van der Waals surface area contributed by atoms with Crippen LogP contribution in [-0.4, -0.2) is 49.4 Å². The van der Waals surface area contributed by atoms with Crippen LogP contribution in [-0.2, 0) is 14.8 Å². The number of benzene rings is 1. The van der Waals surface area contributed by atoms with E-state index in [1.165, 1.54) is 18.3 Å². The van der Waals surface area contributed by atoms with Gasteiger partial charge in [-0.05, 0) is 25.5 Å². The molecule has 0 unspecified atom stereocenters. The third-order valence-corrected chi connectivity index (χ3v) is 7.63. The summed E-state index contributed by atoms with van der Waals surface area (Å²) in [5.41, 5.74) is 0.331. The van der Waals surface area contributed by atoms with E-state index in [0.717, 1.165) is 20.8 Å². The first-order valence-corrected chi connectivity index (χ1v) is 12.0. The smallest absolute Gasteiger partial charge is 0.246 e. The lowest BCUT2D eigenvalue weighted by molar-refractivity contribution is -0.114. The van der Waals surface area contributed by atoms with Crippen LogP contribution in [0.1, 0.15) is 20.3 Å². The summed E-state index contributed by atoms with van der Waals surface area (Å²) in [6, 6.07) is 4.75. The van der Waals surface area contributed by atoms with Gasteiger partial charge in [-0.3, -0.25) is 14.4 Å². The topological polar surface area (TPSA) is 111 Å². The molecule has 0 aliphatic carbocycles. The van der Waals surface area contributed by atoms with Crippen molar-refractivity contribution in [2.45, 2.75) is 24.6 Å². The van der Waals surface area contributed by atoms with Crippen LogP contribution in [0.15, 0.2) is 22.5 Å². The number of nitrogens with one attached hydrogen (secondary N) is 1. The predicted octanol–water partition coefficient (Wildman–Crippen LogP) is 2.56. The summed E-state index contributed by atoms with van der Waals surface area (Å²) >= 11 is 2.82. The Morgan fingerprint density at radius 1 is 1.29 bits per heavy atom. The SMILES string of the molecule is CCCSc1nnc(NC(=O)CN(c2ccc3c(c2)OCO3)S(=O)(=O)CC)s1. The summed E-state index contributed by atoms with van der Waals surface area (Å²) in [5.74, 6) is 1.24. The molecule has 0 bridgehead atoms. The molecular formula is C16H20N4O5S3. The van der Waals surface area contributed by atoms with E-state index in [9.17, 15) is 13.2 Å². The zero-order valence-corrected chi connectivity index (χ0v) is 17.8. The molecule has 0 radical (unpaired) electrons. The zero-order chi connectivity index (χ0) is 20.1. The maximum atomic E-state index is 12.6. The van der Waals surface area contributed by atoms with Gasteiger partial charge >= 0.3 is 0 Å². The Kier molecular flexibility index (Phi) is 6.62. The molecule has 0 saturated carbocycles. The van der Waals surface area contributed by atoms with Crippen molar-refractivity contribution in [3.05, 3.63) is 18.2 Å². The number of anilines is 2. The number of rotatable bonds is 9. The predicted molar refractivity (Wildman–Crippen MR) is 109 cm³/mol. The highest BCUT2D eigenvalue weighted by Gasteiger charge is 2.26. The normalized spacial score (nSPS) is 12.8. The highest BCUT2D eigenvalue weighted by Crippen LogP contribution is 2.36. The molecule has 1 aliphatic rings. The molecule has 9 nitrogen and oxygen atoms in total. The van der Waals surface area contributed by atoms with Crippen molar-refractivity contribution in [1.82, 2.24) is 10.2 Å². The van der Waals surface area contributed by atoms with Crippen LogP contribution in [0.5, 0.6) is 11.5 Å². The Labute approximate surface area is 171 Å². The molecule has 28 heavy (non-hydrogen) atoms. The van der Waals surface area contributed by atoms with Crippen molar-refractivity contribution < 1.29 is 22.7 Å². The van der Waals surface area contributed by atoms with Crippen molar-refractivity contribution in [2.75, 3.05) is 34.5 Å². The van der Waals surface area contributed by atoms with Crippen LogP contribution in [0.4, 0.5) is 10.8 Å². The third kappa shape index (κ3) is 4.86. The quantitative estimate of drug-likeness (QED) is 0.464. The van der Waals surface area contributed by atoms with Crippen molar-refractivity contribution >= 4 is 49.8 Å². The van der Waals surface area contributed by atoms with E-state index in [1.54, 1.807) is 30.0 Å². The monoisotopic (exact) mass is 444 g/mol. The lowest BCUT2D eigenvalue weighted by Crippen LogP contribution is -2.39. The van der Waals surface area contributed by atoms with Gasteiger partial charge in [-0.25, -0.2) is 8.42 Å². The van der Waals surface area contributed by atoms with Gasteiger partial charge in [0.2, 0.25) is 27.9 Å². The lowest BCUT2D eigenvalue weighted by Gasteiger charge is -2.23. The third-order valence-electron chi connectivity index (χ3n) is 3.71. The molecule has 0 saturated heterocycles. The average molecular weight is 445 g/mol. The fourth-order valence-corrected chi connectivity index (χ4v) is 5.10. The highest BCUT2D eigenvalue weighted by atomic mass is 32.2. The van der Waals surface area contributed by atoms with Gasteiger partial charge in [-0.15, -0.1) is 10.2 Å². The summed E-state index contributed by atoms with van der Waals surface area (Å²) in [6.07, 6.45) is 1.01. The Hall–Kier alpha value is -2.05. The molecule has 2 aromatic rings. The van der Waals surface area contributed by atoms with Gasteiger partial charge in [-0.2, -0.15) is 0 Å². The summed E-state index contributed by atoms with van der Waals surface area (Å²) in [5, 5.41) is 10.9. The molecule has 12 heteroatoms. The van der Waals surface area contributed by atoms with Crippen LogP contribution in [0.3, 0.4) is 0 Å². The molecule has 1 N–H and O–H groups in total. The lowest BCUT2D eigenvalue weighted by atomic mass is 10.3. The first-order chi connectivity index (χ1) is 13.4. The summed E-state index contributed by atoms with van der Waals surface area (Å²) in [7, 11) is -3.69. The van der Waals surface area contributed by atoms with Crippen LogP contribution in [0, 0.1) is 0 Å². The van der Waals surface area contributed by atoms with Crippen molar-refractivity contribution in [2.24, 2.45) is 0 Å². The number of aromatic nitrogens is 2. The molecule has 0 spiro atoms. The largest absolute Gasteiger partial charge is 0.454 e. The second-order valence-electron chi connectivity index (χ2n) is 5.71. The van der Waals surface area contributed by atoms with Crippen molar-refractivity contribution in [3.8, 4) is 11.5 Å². The number of thioether (sulfide) groups is 1. The fraction of sp³-hybridized carbons (Fsp3) is 0.438. The van der Waals surface area contributed by atoms with Crippen LogP contribution < -0.4 is 19.1 Å². The number of ether oxygens (including phenoxy) is 2. The molecule has 0 fully saturated rings. The van der Waals surface area contributed by atoms with E-state index >= 15 is 0 Å². The van der Waals surface area contributed by atoms with E-state index in [2.05, 4.69) is 22.4 Å². The average Bonchev–Trinajstić information content (AvgIpc) is 3.32. The highest BCUT2D eigenvalue weighted by molar-refractivity contribution is 8.01. The van der Waals surface area contributed by atoms with Gasteiger partial charge in [0.15, 0.2) is 15.8 Å². The second kappa shape index (κ2) is 8.97. The van der Waals surface area contributed by atoms with E-state index in [0.29, 0.717) is 22.3 Å². The number of carbonyl (C=O) groups is 1. The molecular weight excluding hydrogens is 424 g/mol. The molecule has 3 rings (SSSR count). The number of sulfonamides is 1. The first kappa shape index (κ1) is 20.7. The van der Waals surface area contributed by atoms with Crippen molar-refractivity contribution in [1.29, 1.82) is 0 Å². The summed E-state index contributed by atoms with van der Waals surface area (Å²) in [6.45, 7) is 3.28. The molecule has 1 aliphatic heterocycles. The standard InChI is InChI=1S/C16H20N4O5S3/c1-3-7-26-16-19-18-15(27-16)17-14(21)9-20(28(22,23)4-2)11-5-6-12-13(8-11)25-10-24-12/h5-6,8H,3-4,7,9-10H2,1-2H3,(H,17,18,21). The maximum Gasteiger partial charge on any atom is 0.246 e. The van der Waals surface area contributed by atoms with Gasteiger partial charge in [0.05, 0.1) is 11.4 Å². The van der Waals surface area contributed by atoms with Crippen molar-refractivity contribution in [3.63, 3.8) is 0 Å². The van der Waals surface area contributed by atoms with Gasteiger partial charge in [0, 0.05) is 11.8 Å². The Morgan fingerprint density at radius 2 is 2.07 bits per heavy atom. The minimum Gasteiger partial charge on any atom is -0.454 e. The van der Waals surface area contributed by atoms with Crippen LogP contribution in [0.25, 0.3) is 0 Å². The molecule has 152 valence electrons. The molecule has 1 aromatic heterocycles. The van der Waals surface area contributed by atoms with E-state index in [1.807, 2.05) is 0 Å². The van der Waals surface area contributed by atoms with E-state index in [-0.39, 0.29) is 19.1 Å². The zero-order valence-electron chi connectivity index (χ0n) is 15.4. The fourth-order valence-electron chi connectivity index (χ4n) is 2.34. The number of hydrogen-bond donors (Lipinski definition) is 1.